The predicted octanol–water partition coefficient (Wildman–Crippen LogP) is 3.79. The zero-order chi connectivity index (χ0) is 15.1. The topological polar surface area (TPSA) is 30.5 Å². The second-order valence-corrected chi connectivity index (χ2v) is 4.70. The highest BCUT2D eigenvalue weighted by Gasteiger charge is 2.20. The molecule has 1 unspecified atom stereocenters. The largest absolute Gasteiger partial charge is 0.496 e. The first-order chi connectivity index (χ1) is 10.3. The molecular formula is C18H23NO2. The van der Waals surface area contributed by atoms with Crippen molar-refractivity contribution in [3.8, 4) is 11.5 Å². The highest BCUT2D eigenvalue weighted by atomic mass is 16.5. The second kappa shape index (κ2) is 7.70. The van der Waals surface area contributed by atoms with Gasteiger partial charge in [0.25, 0.3) is 0 Å². The summed E-state index contributed by atoms with van der Waals surface area (Å²) in [7, 11) is 1.70. The van der Waals surface area contributed by atoms with Crippen LogP contribution in [-0.2, 0) is 0 Å². The normalized spacial score (nSPS) is 12.0. The minimum atomic E-state index is 0.0499. The summed E-state index contributed by atoms with van der Waals surface area (Å²) in [5, 5.41) is 3.53. The molecule has 2 rings (SSSR count). The summed E-state index contributed by atoms with van der Waals surface area (Å²) in [5.41, 5.74) is 2.25. The van der Waals surface area contributed by atoms with Crippen molar-refractivity contribution in [1.29, 1.82) is 0 Å². The van der Waals surface area contributed by atoms with E-state index in [-0.39, 0.29) is 6.04 Å². The van der Waals surface area contributed by atoms with Crippen LogP contribution in [0.5, 0.6) is 11.5 Å². The minimum Gasteiger partial charge on any atom is -0.496 e. The van der Waals surface area contributed by atoms with Crippen LogP contribution in [-0.4, -0.2) is 20.3 Å². The Morgan fingerprint density at radius 1 is 0.905 bits per heavy atom. The van der Waals surface area contributed by atoms with Gasteiger partial charge >= 0.3 is 0 Å². The number of methoxy groups -OCH3 is 1. The van der Waals surface area contributed by atoms with Crippen molar-refractivity contribution in [3.63, 3.8) is 0 Å². The fourth-order valence-corrected chi connectivity index (χ4v) is 2.50. The van der Waals surface area contributed by atoms with Gasteiger partial charge in [-0.1, -0.05) is 43.3 Å². The van der Waals surface area contributed by atoms with Crippen molar-refractivity contribution in [2.24, 2.45) is 0 Å². The molecule has 0 aliphatic rings. The number of benzene rings is 2. The molecule has 1 atom stereocenters. The Balaban J connectivity index is 2.48. The van der Waals surface area contributed by atoms with Gasteiger partial charge in [-0.25, -0.2) is 0 Å². The molecule has 21 heavy (non-hydrogen) atoms. The van der Waals surface area contributed by atoms with E-state index in [9.17, 15) is 0 Å². The van der Waals surface area contributed by atoms with Gasteiger partial charge in [0.2, 0.25) is 0 Å². The molecule has 0 spiro atoms. The molecule has 3 nitrogen and oxygen atoms in total. The molecule has 112 valence electrons. The average Bonchev–Trinajstić information content (AvgIpc) is 2.54. The van der Waals surface area contributed by atoms with Gasteiger partial charge < -0.3 is 14.8 Å². The van der Waals surface area contributed by atoms with Crippen LogP contribution in [0.4, 0.5) is 0 Å². The van der Waals surface area contributed by atoms with Crippen LogP contribution >= 0.6 is 0 Å². The second-order valence-electron chi connectivity index (χ2n) is 4.70. The summed E-state index contributed by atoms with van der Waals surface area (Å²) in [5.74, 6) is 1.80. The molecule has 0 fully saturated rings. The molecule has 0 saturated carbocycles. The molecule has 0 aromatic heterocycles. The van der Waals surface area contributed by atoms with Crippen molar-refractivity contribution in [3.05, 3.63) is 59.7 Å². The Bertz CT molecular complexity index is 569. The van der Waals surface area contributed by atoms with E-state index < -0.39 is 0 Å². The molecule has 2 aromatic rings. The first kappa shape index (κ1) is 15.4. The summed E-state index contributed by atoms with van der Waals surface area (Å²) in [6, 6.07) is 16.3. The van der Waals surface area contributed by atoms with Gasteiger partial charge in [-0.3, -0.25) is 0 Å². The van der Waals surface area contributed by atoms with Crippen LogP contribution < -0.4 is 14.8 Å². The zero-order valence-corrected chi connectivity index (χ0v) is 12.9. The molecule has 0 radical (unpaired) electrons. The van der Waals surface area contributed by atoms with Gasteiger partial charge in [0.05, 0.1) is 19.8 Å². The third-order valence-corrected chi connectivity index (χ3v) is 3.39. The summed E-state index contributed by atoms with van der Waals surface area (Å²) in [6.07, 6.45) is 0. The SMILES string of the molecule is CCNC(c1ccccc1OC)c1ccccc1OCC. The summed E-state index contributed by atoms with van der Waals surface area (Å²) in [4.78, 5) is 0. The van der Waals surface area contributed by atoms with Crippen LogP contribution in [0.1, 0.15) is 31.0 Å². The quantitative estimate of drug-likeness (QED) is 0.839. The lowest BCUT2D eigenvalue weighted by atomic mass is 9.97. The number of nitrogens with one attached hydrogen (secondary N) is 1. The number of ether oxygens (including phenoxy) is 2. The zero-order valence-electron chi connectivity index (χ0n) is 12.9. The van der Waals surface area contributed by atoms with E-state index in [1.165, 1.54) is 0 Å². The Morgan fingerprint density at radius 3 is 2.05 bits per heavy atom. The molecule has 0 amide bonds. The van der Waals surface area contributed by atoms with Gasteiger partial charge in [0.1, 0.15) is 11.5 Å². The summed E-state index contributed by atoms with van der Waals surface area (Å²) < 4.78 is 11.3. The Kier molecular flexibility index (Phi) is 5.64. The lowest BCUT2D eigenvalue weighted by Crippen LogP contribution is -2.23. The van der Waals surface area contributed by atoms with E-state index in [0.29, 0.717) is 6.61 Å². The Labute approximate surface area is 126 Å². The Morgan fingerprint density at radius 2 is 1.48 bits per heavy atom. The third kappa shape index (κ3) is 3.56. The van der Waals surface area contributed by atoms with Crippen LogP contribution in [0.15, 0.2) is 48.5 Å². The van der Waals surface area contributed by atoms with E-state index in [0.717, 1.165) is 29.2 Å². The molecule has 2 aromatic carbocycles. The monoisotopic (exact) mass is 285 g/mol. The van der Waals surface area contributed by atoms with Gasteiger partial charge in [0.15, 0.2) is 0 Å². The van der Waals surface area contributed by atoms with Crippen LogP contribution in [0, 0.1) is 0 Å². The van der Waals surface area contributed by atoms with Crippen LogP contribution in [0.25, 0.3) is 0 Å². The van der Waals surface area contributed by atoms with E-state index >= 15 is 0 Å². The fraction of sp³-hybridized carbons (Fsp3) is 0.333. The van der Waals surface area contributed by atoms with E-state index in [4.69, 9.17) is 9.47 Å². The molecule has 0 bridgehead atoms. The van der Waals surface area contributed by atoms with Crippen molar-refractivity contribution in [2.75, 3.05) is 20.3 Å². The molecule has 3 heteroatoms. The van der Waals surface area contributed by atoms with Crippen molar-refractivity contribution in [2.45, 2.75) is 19.9 Å². The Hall–Kier alpha value is -2.00. The number of para-hydroxylation sites is 2. The van der Waals surface area contributed by atoms with Gasteiger partial charge in [0, 0.05) is 11.1 Å². The van der Waals surface area contributed by atoms with Crippen LogP contribution in [0.2, 0.25) is 0 Å². The summed E-state index contributed by atoms with van der Waals surface area (Å²) in [6.45, 7) is 5.62. The molecule has 0 aliphatic carbocycles. The standard InChI is InChI=1S/C18H23NO2/c1-4-19-18(14-10-6-8-12-16(14)20-3)15-11-7-9-13-17(15)21-5-2/h6-13,18-19H,4-5H2,1-3H3. The van der Waals surface area contributed by atoms with Gasteiger partial charge in [-0.05, 0) is 25.6 Å². The third-order valence-electron chi connectivity index (χ3n) is 3.39. The highest BCUT2D eigenvalue weighted by molar-refractivity contribution is 5.46. The molecular weight excluding hydrogens is 262 g/mol. The molecule has 0 heterocycles. The number of rotatable bonds is 7. The van der Waals surface area contributed by atoms with Crippen molar-refractivity contribution >= 4 is 0 Å². The molecule has 0 aliphatic heterocycles. The first-order valence-electron chi connectivity index (χ1n) is 7.39. The van der Waals surface area contributed by atoms with Crippen molar-refractivity contribution < 1.29 is 9.47 Å². The van der Waals surface area contributed by atoms with E-state index in [2.05, 4.69) is 24.4 Å². The number of hydrogen-bond acceptors (Lipinski definition) is 3. The molecule has 1 N–H and O–H groups in total. The fourth-order valence-electron chi connectivity index (χ4n) is 2.50. The number of hydrogen-bond donors (Lipinski definition) is 1. The van der Waals surface area contributed by atoms with E-state index in [1.54, 1.807) is 7.11 Å². The summed E-state index contributed by atoms with van der Waals surface area (Å²) >= 11 is 0. The lowest BCUT2D eigenvalue weighted by Gasteiger charge is -2.23. The highest BCUT2D eigenvalue weighted by Crippen LogP contribution is 2.34. The lowest BCUT2D eigenvalue weighted by molar-refractivity contribution is 0.333. The van der Waals surface area contributed by atoms with Gasteiger partial charge in [-0.15, -0.1) is 0 Å². The van der Waals surface area contributed by atoms with Gasteiger partial charge in [-0.2, -0.15) is 0 Å². The van der Waals surface area contributed by atoms with Crippen LogP contribution in [0.3, 0.4) is 0 Å². The predicted molar refractivity (Wildman–Crippen MR) is 86.1 cm³/mol. The first-order valence-corrected chi connectivity index (χ1v) is 7.39. The maximum Gasteiger partial charge on any atom is 0.124 e. The smallest absolute Gasteiger partial charge is 0.124 e. The minimum absolute atomic E-state index is 0.0499. The van der Waals surface area contributed by atoms with E-state index in [1.807, 2.05) is 43.3 Å². The average molecular weight is 285 g/mol. The maximum atomic E-state index is 5.78. The maximum absolute atomic E-state index is 5.78. The van der Waals surface area contributed by atoms with Crippen molar-refractivity contribution in [1.82, 2.24) is 5.32 Å². The molecule has 0 saturated heterocycles.